The number of nitrogens with zero attached hydrogens (tertiary/aromatic N) is 1. The number of thiocarbonyl (C=S) groups is 1. The molecule has 7 heteroatoms. The SMILES string of the molecule is CN1C(=O)C(=Cc2ccc(OCc3cccc(F)c3)c(Cl)c2)NC1=S. The summed E-state index contributed by atoms with van der Waals surface area (Å²) in [6, 6.07) is 11.3. The molecule has 1 N–H and O–H groups in total. The summed E-state index contributed by atoms with van der Waals surface area (Å²) in [4.78, 5) is 13.3. The van der Waals surface area contributed by atoms with Gasteiger partial charge in [0, 0.05) is 7.05 Å². The average molecular weight is 377 g/mol. The first kappa shape index (κ1) is 17.4. The number of hydrogen-bond acceptors (Lipinski definition) is 3. The minimum absolute atomic E-state index is 0.201. The van der Waals surface area contributed by atoms with Crippen molar-refractivity contribution in [1.82, 2.24) is 10.2 Å². The maximum atomic E-state index is 13.2. The molecule has 25 heavy (non-hydrogen) atoms. The first-order valence-corrected chi connectivity index (χ1v) is 8.20. The number of amides is 1. The molecule has 0 bridgehead atoms. The molecule has 1 aliphatic heterocycles. The molecule has 1 fully saturated rings. The van der Waals surface area contributed by atoms with E-state index in [-0.39, 0.29) is 18.3 Å². The van der Waals surface area contributed by atoms with Gasteiger partial charge in [-0.15, -0.1) is 0 Å². The lowest BCUT2D eigenvalue weighted by Gasteiger charge is -2.09. The highest BCUT2D eigenvalue weighted by Crippen LogP contribution is 2.27. The summed E-state index contributed by atoms with van der Waals surface area (Å²) in [6.07, 6.45) is 1.67. The number of ether oxygens (including phenoxy) is 1. The molecule has 1 aliphatic rings. The van der Waals surface area contributed by atoms with Crippen molar-refractivity contribution >= 4 is 40.9 Å². The molecule has 1 heterocycles. The van der Waals surface area contributed by atoms with Crippen LogP contribution in [0.15, 0.2) is 48.2 Å². The summed E-state index contributed by atoms with van der Waals surface area (Å²) in [5.74, 6) is -0.0373. The smallest absolute Gasteiger partial charge is 0.276 e. The van der Waals surface area contributed by atoms with Gasteiger partial charge >= 0.3 is 0 Å². The van der Waals surface area contributed by atoms with E-state index in [1.54, 1.807) is 43.5 Å². The van der Waals surface area contributed by atoms with E-state index < -0.39 is 0 Å². The normalized spacial score (nSPS) is 15.6. The molecule has 0 radical (unpaired) electrons. The zero-order chi connectivity index (χ0) is 18.0. The molecular weight excluding hydrogens is 363 g/mol. The Balaban J connectivity index is 1.73. The Bertz CT molecular complexity index is 885. The Hall–Kier alpha value is -2.44. The van der Waals surface area contributed by atoms with Crippen LogP contribution in [-0.4, -0.2) is 23.0 Å². The van der Waals surface area contributed by atoms with Gasteiger partial charge in [0.15, 0.2) is 5.11 Å². The third-order valence-electron chi connectivity index (χ3n) is 3.63. The van der Waals surface area contributed by atoms with Gasteiger partial charge in [0.2, 0.25) is 0 Å². The van der Waals surface area contributed by atoms with Crippen molar-refractivity contribution in [2.24, 2.45) is 0 Å². The maximum absolute atomic E-state index is 13.2. The molecule has 0 aliphatic carbocycles. The first-order chi connectivity index (χ1) is 11.9. The van der Waals surface area contributed by atoms with Crippen molar-refractivity contribution in [3.8, 4) is 5.75 Å². The second-order valence-corrected chi connectivity index (χ2v) is 6.25. The minimum Gasteiger partial charge on any atom is -0.487 e. The summed E-state index contributed by atoms with van der Waals surface area (Å²) in [5.41, 5.74) is 1.83. The van der Waals surface area contributed by atoms with Gasteiger partial charge < -0.3 is 10.1 Å². The Morgan fingerprint density at radius 2 is 2.12 bits per heavy atom. The number of rotatable bonds is 4. The fourth-order valence-electron chi connectivity index (χ4n) is 2.30. The molecule has 1 saturated heterocycles. The van der Waals surface area contributed by atoms with Crippen molar-refractivity contribution in [2.75, 3.05) is 7.05 Å². The highest BCUT2D eigenvalue weighted by atomic mass is 35.5. The lowest BCUT2D eigenvalue weighted by molar-refractivity contribution is -0.121. The van der Waals surface area contributed by atoms with Crippen LogP contribution in [-0.2, 0) is 11.4 Å². The highest BCUT2D eigenvalue weighted by Gasteiger charge is 2.26. The number of carbonyl (C=O) groups is 1. The van der Waals surface area contributed by atoms with E-state index in [9.17, 15) is 9.18 Å². The van der Waals surface area contributed by atoms with E-state index in [0.717, 1.165) is 5.56 Å². The van der Waals surface area contributed by atoms with Crippen LogP contribution in [0.2, 0.25) is 5.02 Å². The third-order valence-corrected chi connectivity index (χ3v) is 4.30. The summed E-state index contributed by atoms with van der Waals surface area (Å²) < 4.78 is 18.8. The topological polar surface area (TPSA) is 41.6 Å². The first-order valence-electron chi connectivity index (χ1n) is 7.41. The highest BCUT2D eigenvalue weighted by molar-refractivity contribution is 7.80. The molecule has 1 amide bonds. The van der Waals surface area contributed by atoms with Gasteiger partial charge in [-0.25, -0.2) is 4.39 Å². The quantitative estimate of drug-likeness (QED) is 0.652. The van der Waals surface area contributed by atoms with Crippen LogP contribution in [0.4, 0.5) is 4.39 Å². The zero-order valence-electron chi connectivity index (χ0n) is 13.3. The van der Waals surface area contributed by atoms with E-state index in [4.69, 9.17) is 28.6 Å². The van der Waals surface area contributed by atoms with E-state index in [2.05, 4.69) is 5.32 Å². The van der Waals surface area contributed by atoms with Crippen LogP contribution in [0.1, 0.15) is 11.1 Å². The van der Waals surface area contributed by atoms with Crippen molar-refractivity contribution in [3.05, 3.63) is 70.1 Å². The lowest BCUT2D eigenvalue weighted by atomic mass is 10.2. The third kappa shape index (κ3) is 3.97. The molecular formula is C18H14ClFN2O2S. The van der Waals surface area contributed by atoms with Crippen LogP contribution in [0.25, 0.3) is 6.08 Å². The Morgan fingerprint density at radius 1 is 1.32 bits per heavy atom. The standard InChI is InChI=1S/C18H14ClFN2O2S/c1-22-17(23)15(21-18(22)25)9-11-5-6-16(14(19)8-11)24-10-12-3-2-4-13(20)7-12/h2-9H,10H2,1H3,(H,21,25). The second kappa shape index (κ2) is 7.21. The molecule has 2 aromatic rings. The number of carbonyl (C=O) groups excluding carboxylic acids is 1. The molecule has 0 spiro atoms. The predicted molar refractivity (Wildman–Crippen MR) is 98.7 cm³/mol. The van der Waals surface area contributed by atoms with Crippen LogP contribution >= 0.6 is 23.8 Å². The Morgan fingerprint density at radius 3 is 2.76 bits per heavy atom. The monoisotopic (exact) mass is 376 g/mol. The Labute approximate surface area is 154 Å². The Kier molecular flexibility index (Phi) is 5.01. The lowest BCUT2D eigenvalue weighted by Crippen LogP contribution is -2.25. The average Bonchev–Trinajstić information content (AvgIpc) is 2.81. The van der Waals surface area contributed by atoms with Gasteiger partial charge in [-0.2, -0.15) is 0 Å². The van der Waals surface area contributed by atoms with Crippen molar-refractivity contribution in [1.29, 1.82) is 0 Å². The fraction of sp³-hybridized carbons (Fsp3) is 0.111. The molecule has 0 aromatic heterocycles. The van der Waals surface area contributed by atoms with Crippen LogP contribution in [0.3, 0.4) is 0 Å². The molecule has 0 unspecified atom stereocenters. The maximum Gasteiger partial charge on any atom is 0.276 e. The molecule has 0 atom stereocenters. The predicted octanol–water partition coefficient (Wildman–Crippen LogP) is 3.75. The number of benzene rings is 2. The molecule has 3 rings (SSSR count). The fourth-order valence-corrected chi connectivity index (χ4v) is 2.74. The van der Waals surface area contributed by atoms with E-state index in [0.29, 0.717) is 27.1 Å². The van der Waals surface area contributed by atoms with Gasteiger partial charge in [-0.05, 0) is 53.7 Å². The van der Waals surface area contributed by atoms with Gasteiger partial charge in [-0.3, -0.25) is 9.69 Å². The minimum atomic E-state index is -0.314. The van der Waals surface area contributed by atoms with E-state index in [1.807, 2.05) is 0 Å². The van der Waals surface area contributed by atoms with Crippen molar-refractivity contribution in [2.45, 2.75) is 6.61 Å². The second-order valence-electron chi connectivity index (χ2n) is 5.46. The molecule has 4 nitrogen and oxygen atoms in total. The molecule has 128 valence electrons. The van der Waals surface area contributed by atoms with Gasteiger partial charge in [0.1, 0.15) is 23.9 Å². The van der Waals surface area contributed by atoms with E-state index in [1.165, 1.54) is 17.0 Å². The van der Waals surface area contributed by atoms with Crippen LogP contribution in [0.5, 0.6) is 5.75 Å². The molecule has 0 saturated carbocycles. The summed E-state index contributed by atoms with van der Waals surface area (Å²) in [7, 11) is 1.61. The molecule has 2 aromatic carbocycles. The zero-order valence-corrected chi connectivity index (χ0v) is 14.8. The number of nitrogens with one attached hydrogen (secondary N) is 1. The number of halogens is 2. The largest absolute Gasteiger partial charge is 0.487 e. The van der Waals surface area contributed by atoms with Gasteiger partial charge in [-0.1, -0.05) is 29.8 Å². The number of likely N-dealkylation sites (N-methyl/N-ethyl adjacent to an activating group) is 1. The van der Waals surface area contributed by atoms with Crippen molar-refractivity contribution in [3.63, 3.8) is 0 Å². The summed E-state index contributed by atoms with van der Waals surface area (Å²) >= 11 is 11.3. The van der Waals surface area contributed by atoms with Crippen LogP contribution in [0, 0.1) is 5.82 Å². The van der Waals surface area contributed by atoms with Crippen molar-refractivity contribution < 1.29 is 13.9 Å². The summed E-state index contributed by atoms with van der Waals surface area (Å²) in [6.45, 7) is 0.205. The summed E-state index contributed by atoms with van der Waals surface area (Å²) in [5, 5.41) is 3.60. The van der Waals surface area contributed by atoms with Crippen LogP contribution < -0.4 is 10.1 Å². The van der Waals surface area contributed by atoms with Gasteiger partial charge in [0.05, 0.1) is 5.02 Å². The number of hydrogen-bond donors (Lipinski definition) is 1. The van der Waals surface area contributed by atoms with Gasteiger partial charge in [0.25, 0.3) is 5.91 Å². The van der Waals surface area contributed by atoms with E-state index >= 15 is 0 Å².